The Hall–Kier alpha value is -2.56. The summed E-state index contributed by atoms with van der Waals surface area (Å²) in [7, 11) is 0. The van der Waals surface area contributed by atoms with Crippen LogP contribution < -0.4 is 16.5 Å². The number of hydrogen-bond acceptors (Lipinski definition) is 3. The molecule has 1 amide bonds. The lowest BCUT2D eigenvalue weighted by Gasteiger charge is -2.13. The summed E-state index contributed by atoms with van der Waals surface area (Å²) in [6.07, 6.45) is 4.06. The SMILES string of the molecule is C=CCNC(=O)c1cn(CCC)c2cccc(N)c2c1=O. The Morgan fingerprint density at radius 1 is 1.48 bits per heavy atom. The van der Waals surface area contributed by atoms with Crippen LogP contribution in [-0.4, -0.2) is 17.0 Å². The van der Waals surface area contributed by atoms with Crippen molar-refractivity contribution in [3.63, 3.8) is 0 Å². The van der Waals surface area contributed by atoms with Crippen LogP contribution in [0.15, 0.2) is 41.8 Å². The first kappa shape index (κ1) is 14.8. The Morgan fingerprint density at radius 2 is 2.24 bits per heavy atom. The second-order valence-corrected chi connectivity index (χ2v) is 4.81. The number of anilines is 1. The highest BCUT2D eigenvalue weighted by Gasteiger charge is 2.16. The minimum atomic E-state index is -0.407. The number of carbonyl (C=O) groups excluding carboxylic acids is 1. The molecule has 0 saturated carbocycles. The van der Waals surface area contributed by atoms with Gasteiger partial charge in [-0.2, -0.15) is 0 Å². The molecule has 0 aliphatic heterocycles. The van der Waals surface area contributed by atoms with Gasteiger partial charge in [0.2, 0.25) is 5.43 Å². The highest BCUT2D eigenvalue weighted by Crippen LogP contribution is 2.18. The van der Waals surface area contributed by atoms with Gasteiger partial charge in [-0.15, -0.1) is 6.58 Å². The van der Waals surface area contributed by atoms with E-state index >= 15 is 0 Å². The Balaban J connectivity index is 2.69. The van der Waals surface area contributed by atoms with Crippen molar-refractivity contribution in [2.75, 3.05) is 12.3 Å². The average molecular weight is 285 g/mol. The van der Waals surface area contributed by atoms with Crippen molar-refractivity contribution in [3.05, 3.63) is 52.8 Å². The molecule has 21 heavy (non-hydrogen) atoms. The number of amides is 1. The first-order chi connectivity index (χ1) is 10.1. The van der Waals surface area contributed by atoms with Crippen molar-refractivity contribution < 1.29 is 4.79 Å². The summed E-state index contributed by atoms with van der Waals surface area (Å²) in [5, 5.41) is 3.03. The summed E-state index contributed by atoms with van der Waals surface area (Å²) in [4.78, 5) is 24.7. The van der Waals surface area contributed by atoms with Crippen molar-refractivity contribution in [3.8, 4) is 0 Å². The number of benzene rings is 1. The molecule has 0 atom stereocenters. The Bertz CT molecular complexity index is 747. The van der Waals surface area contributed by atoms with Crippen LogP contribution in [0.5, 0.6) is 0 Å². The summed E-state index contributed by atoms with van der Waals surface area (Å²) in [6.45, 7) is 6.60. The molecular formula is C16H19N3O2. The summed E-state index contributed by atoms with van der Waals surface area (Å²) in [6, 6.07) is 5.32. The van der Waals surface area contributed by atoms with Gasteiger partial charge in [0.1, 0.15) is 5.56 Å². The predicted molar refractivity (Wildman–Crippen MR) is 85.4 cm³/mol. The van der Waals surface area contributed by atoms with E-state index in [-0.39, 0.29) is 11.0 Å². The number of nitrogens with one attached hydrogen (secondary N) is 1. The van der Waals surface area contributed by atoms with E-state index < -0.39 is 5.91 Å². The molecule has 5 nitrogen and oxygen atoms in total. The molecule has 0 saturated heterocycles. The van der Waals surface area contributed by atoms with Gasteiger partial charge in [0.05, 0.1) is 10.9 Å². The van der Waals surface area contributed by atoms with Crippen molar-refractivity contribution in [1.82, 2.24) is 9.88 Å². The molecule has 0 radical (unpaired) electrons. The topological polar surface area (TPSA) is 77.1 Å². The van der Waals surface area contributed by atoms with Gasteiger partial charge in [0, 0.05) is 25.0 Å². The summed E-state index contributed by atoms with van der Waals surface area (Å²) < 4.78 is 1.90. The Labute approximate surface area is 123 Å². The van der Waals surface area contributed by atoms with E-state index in [0.29, 0.717) is 24.2 Å². The number of pyridine rings is 1. The molecule has 2 aromatic rings. The van der Waals surface area contributed by atoms with Crippen molar-refractivity contribution in [2.24, 2.45) is 0 Å². The number of hydrogen-bond donors (Lipinski definition) is 2. The highest BCUT2D eigenvalue weighted by atomic mass is 16.2. The molecule has 2 rings (SSSR count). The first-order valence-electron chi connectivity index (χ1n) is 6.90. The van der Waals surface area contributed by atoms with Crippen molar-refractivity contribution in [1.29, 1.82) is 0 Å². The number of aryl methyl sites for hydroxylation is 1. The molecule has 110 valence electrons. The minimum absolute atomic E-state index is 0.107. The summed E-state index contributed by atoms with van der Waals surface area (Å²) in [5.74, 6) is -0.407. The fourth-order valence-corrected chi connectivity index (χ4v) is 2.31. The molecule has 0 bridgehead atoms. The van der Waals surface area contributed by atoms with E-state index in [1.165, 1.54) is 0 Å². The van der Waals surface area contributed by atoms with Crippen LogP contribution in [0.3, 0.4) is 0 Å². The van der Waals surface area contributed by atoms with Crippen LogP contribution in [0.1, 0.15) is 23.7 Å². The fraction of sp³-hybridized carbons (Fsp3) is 0.250. The second-order valence-electron chi connectivity index (χ2n) is 4.81. The van der Waals surface area contributed by atoms with Gasteiger partial charge < -0.3 is 15.6 Å². The average Bonchev–Trinajstić information content (AvgIpc) is 2.47. The molecule has 1 heterocycles. The van der Waals surface area contributed by atoms with Crippen LogP contribution in [0.25, 0.3) is 10.9 Å². The highest BCUT2D eigenvalue weighted by molar-refractivity contribution is 6.00. The maximum absolute atomic E-state index is 12.5. The van der Waals surface area contributed by atoms with Crippen molar-refractivity contribution >= 4 is 22.5 Å². The second kappa shape index (κ2) is 6.26. The van der Waals surface area contributed by atoms with E-state index in [2.05, 4.69) is 11.9 Å². The zero-order chi connectivity index (χ0) is 15.4. The standard InChI is InChI=1S/C16H19N3O2/c1-3-8-18-16(21)11-10-19(9-4-2)13-7-5-6-12(17)14(13)15(11)20/h3,5-7,10H,1,4,8-9,17H2,2H3,(H,18,21). The van der Waals surface area contributed by atoms with Crippen LogP contribution in [-0.2, 0) is 6.54 Å². The third kappa shape index (κ3) is 2.81. The summed E-state index contributed by atoms with van der Waals surface area (Å²) >= 11 is 0. The van der Waals surface area contributed by atoms with E-state index in [4.69, 9.17) is 5.73 Å². The Morgan fingerprint density at radius 3 is 2.90 bits per heavy atom. The van der Waals surface area contributed by atoms with Gasteiger partial charge in [-0.1, -0.05) is 19.1 Å². The van der Waals surface area contributed by atoms with E-state index in [9.17, 15) is 9.59 Å². The molecule has 1 aromatic heterocycles. The zero-order valence-electron chi connectivity index (χ0n) is 12.1. The van der Waals surface area contributed by atoms with Crippen molar-refractivity contribution in [2.45, 2.75) is 19.9 Å². The zero-order valence-corrected chi connectivity index (χ0v) is 12.1. The fourth-order valence-electron chi connectivity index (χ4n) is 2.31. The predicted octanol–water partition coefficient (Wildman–Crippen LogP) is 1.91. The smallest absolute Gasteiger partial charge is 0.257 e. The summed E-state index contributed by atoms with van der Waals surface area (Å²) in [5.41, 5.74) is 6.84. The normalized spacial score (nSPS) is 10.5. The molecule has 0 aliphatic rings. The molecule has 1 aromatic carbocycles. The van der Waals surface area contributed by atoms with Gasteiger partial charge in [0.15, 0.2) is 0 Å². The molecular weight excluding hydrogens is 266 g/mol. The lowest BCUT2D eigenvalue weighted by Crippen LogP contribution is -2.30. The van der Waals surface area contributed by atoms with Gasteiger partial charge in [-0.05, 0) is 18.6 Å². The van der Waals surface area contributed by atoms with Gasteiger partial charge in [-0.25, -0.2) is 0 Å². The third-order valence-corrected chi connectivity index (χ3v) is 3.26. The maximum atomic E-state index is 12.5. The third-order valence-electron chi connectivity index (χ3n) is 3.26. The molecule has 5 heteroatoms. The number of nitrogens with zero attached hydrogens (tertiary/aromatic N) is 1. The Kier molecular flexibility index (Phi) is 4.42. The quantitative estimate of drug-likeness (QED) is 0.650. The minimum Gasteiger partial charge on any atom is -0.398 e. The van der Waals surface area contributed by atoms with E-state index in [1.807, 2.05) is 17.6 Å². The number of fused-ring (bicyclic) bond motifs is 1. The lowest BCUT2D eigenvalue weighted by molar-refractivity contribution is 0.0956. The number of nitrogen functional groups attached to an aromatic ring is 1. The largest absolute Gasteiger partial charge is 0.398 e. The molecule has 0 fully saturated rings. The molecule has 0 aliphatic carbocycles. The molecule has 3 N–H and O–H groups in total. The lowest BCUT2D eigenvalue weighted by atomic mass is 10.1. The maximum Gasteiger partial charge on any atom is 0.257 e. The molecule has 0 unspecified atom stereocenters. The molecule has 0 spiro atoms. The van der Waals surface area contributed by atoms with E-state index in [1.54, 1.807) is 24.4 Å². The number of nitrogens with two attached hydrogens (primary N) is 1. The van der Waals surface area contributed by atoms with Gasteiger partial charge in [-0.3, -0.25) is 9.59 Å². The van der Waals surface area contributed by atoms with Gasteiger partial charge >= 0.3 is 0 Å². The first-order valence-corrected chi connectivity index (χ1v) is 6.90. The van der Waals surface area contributed by atoms with Crippen LogP contribution in [0, 0.1) is 0 Å². The number of aromatic nitrogens is 1. The van der Waals surface area contributed by atoms with Crippen LogP contribution in [0.2, 0.25) is 0 Å². The number of rotatable bonds is 5. The van der Waals surface area contributed by atoms with Crippen LogP contribution >= 0.6 is 0 Å². The van der Waals surface area contributed by atoms with E-state index in [0.717, 1.165) is 11.9 Å². The monoisotopic (exact) mass is 285 g/mol. The van der Waals surface area contributed by atoms with Gasteiger partial charge in [0.25, 0.3) is 5.91 Å². The van der Waals surface area contributed by atoms with Crippen LogP contribution in [0.4, 0.5) is 5.69 Å². The number of carbonyl (C=O) groups is 1.